The molecule has 17 heavy (non-hydrogen) atoms. The quantitative estimate of drug-likeness (QED) is 0.737. The van der Waals surface area contributed by atoms with Gasteiger partial charge >= 0.3 is 0 Å². The van der Waals surface area contributed by atoms with Gasteiger partial charge in [0.25, 0.3) is 0 Å². The predicted octanol–water partition coefficient (Wildman–Crippen LogP) is 1.09. The van der Waals surface area contributed by atoms with E-state index in [-0.39, 0.29) is 0 Å². The summed E-state index contributed by atoms with van der Waals surface area (Å²) < 4.78 is 24.9. The van der Waals surface area contributed by atoms with E-state index in [1.807, 2.05) is 12.2 Å². The molecular weight excluding hydrogens is 236 g/mol. The van der Waals surface area contributed by atoms with Crippen LogP contribution in [0.5, 0.6) is 0 Å². The molecule has 0 bridgehead atoms. The molecule has 2 aliphatic heterocycles. The first-order chi connectivity index (χ1) is 8.03. The highest BCUT2D eigenvalue weighted by Gasteiger charge is 2.29. The summed E-state index contributed by atoms with van der Waals surface area (Å²) >= 11 is 0. The molecule has 0 aromatic carbocycles. The molecule has 0 fully saturated rings. The van der Waals surface area contributed by atoms with E-state index in [0.717, 1.165) is 0 Å². The van der Waals surface area contributed by atoms with E-state index in [0.29, 0.717) is 23.1 Å². The Hall–Kier alpha value is -1.49. The Morgan fingerprint density at radius 2 is 1.35 bits per heavy atom. The van der Waals surface area contributed by atoms with Crippen molar-refractivity contribution in [2.75, 3.05) is 27.2 Å². The summed E-state index contributed by atoms with van der Waals surface area (Å²) in [7, 11) is 0.156. The Labute approximate surface area is 102 Å². The number of hydrogen-bond donors (Lipinski definition) is 0. The number of rotatable bonds is 2. The van der Waals surface area contributed by atoms with Crippen molar-refractivity contribution in [2.45, 2.75) is 0 Å². The van der Waals surface area contributed by atoms with Crippen LogP contribution in [-0.4, -0.2) is 45.4 Å². The molecule has 0 unspecified atom stereocenters. The molecule has 0 radical (unpaired) electrons. The Morgan fingerprint density at radius 1 is 0.941 bits per heavy atom. The van der Waals surface area contributed by atoms with Gasteiger partial charge < -0.3 is 9.80 Å². The predicted molar refractivity (Wildman–Crippen MR) is 68.6 cm³/mol. The van der Waals surface area contributed by atoms with Crippen molar-refractivity contribution < 1.29 is 8.42 Å². The molecule has 4 nitrogen and oxygen atoms in total. The zero-order valence-corrected chi connectivity index (χ0v) is 10.8. The first-order valence-electron chi connectivity index (χ1n) is 5.44. The minimum atomic E-state index is -3.41. The summed E-state index contributed by atoms with van der Waals surface area (Å²) in [5.41, 5.74) is 0. The molecule has 2 aliphatic rings. The van der Waals surface area contributed by atoms with E-state index in [1.165, 1.54) is 0 Å². The molecule has 0 saturated heterocycles. The summed E-state index contributed by atoms with van der Waals surface area (Å²) in [5.74, 6) is 0. The number of allylic oxidation sites excluding steroid dienone is 4. The second-order valence-corrected chi connectivity index (χ2v) is 5.97. The lowest BCUT2D eigenvalue weighted by Crippen LogP contribution is -2.32. The van der Waals surface area contributed by atoms with Crippen LogP contribution in [0.25, 0.3) is 0 Å². The second-order valence-electron chi connectivity index (χ2n) is 4.13. The van der Waals surface area contributed by atoms with Crippen LogP contribution in [-0.2, 0) is 9.84 Å². The Balaban J connectivity index is 2.43. The fourth-order valence-electron chi connectivity index (χ4n) is 1.87. The van der Waals surface area contributed by atoms with Gasteiger partial charge in [-0.25, -0.2) is 8.42 Å². The van der Waals surface area contributed by atoms with E-state index >= 15 is 0 Å². The third-order valence-electron chi connectivity index (χ3n) is 2.81. The van der Waals surface area contributed by atoms with Gasteiger partial charge in [0.15, 0.2) is 0 Å². The number of nitrogens with zero attached hydrogens (tertiary/aromatic N) is 2. The number of likely N-dealkylation sites (N-methyl/N-ethyl adjacent to an activating group) is 2. The third kappa shape index (κ3) is 2.15. The Kier molecular flexibility index (Phi) is 3.11. The zero-order valence-electron chi connectivity index (χ0n) is 10.00. The van der Waals surface area contributed by atoms with Crippen LogP contribution in [0.3, 0.4) is 0 Å². The van der Waals surface area contributed by atoms with Gasteiger partial charge in [0.2, 0.25) is 9.84 Å². The second kappa shape index (κ2) is 4.41. The minimum absolute atomic E-state index is 0.355. The van der Waals surface area contributed by atoms with Crippen LogP contribution in [0.15, 0.2) is 46.5 Å². The van der Waals surface area contributed by atoms with Crippen molar-refractivity contribution in [3.8, 4) is 0 Å². The maximum absolute atomic E-state index is 12.5. The van der Waals surface area contributed by atoms with Crippen LogP contribution in [0, 0.1) is 0 Å². The average molecular weight is 252 g/mol. The molecule has 0 aromatic rings. The van der Waals surface area contributed by atoms with Gasteiger partial charge in [0.1, 0.15) is 10.1 Å². The van der Waals surface area contributed by atoms with Gasteiger partial charge in [0.05, 0.1) is 0 Å². The standard InChI is InChI=1S/C12H16N2O2S/c1-13-9-5-3-7-11(13)17(15,16)12-8-4-6-10-14(12)2/h3-8H,9-10H2,1-2H3. The van der Waals surface area contributed by atoms with Gasteiger partial charge in [-0.15, -0.1) is 0 Å². The van der Waals surface area contributed by atoms with Crippen LogP contribution in [0.2, 0.25) is 0 Å². The molecule has 0 aliphatic carbocycles. The molecule has 2 heterocycles. The first kappa shape index (κ1) is 12.0. The molecule has 0 atom stereocenters. The summed E-state index contributed by atoms with van der Waals surface area (Å²) in [4.78, 5) is 3.48. The highest BCUT2D eigenvalue weighted by atomic mass is 32.2. The molecule has 0 spiro atoms. The van der Waals surface area contributed by atoms with Crippen molar-refractivity contribution in [3.05, 3.63) is 46.5 Å². The van der Waals surface area contributed by atoms with E-state index in [9.17, 15) is 8.42 Å². The van der Waals surface area contributed by atoms with Crippen molar-refractivity contribution in [1.29, 1.82) is 0 Å². The molecular formula is C12H16N2O2S. The minimum Gasteiger partial charge on any atom is -0.361 e. The van der Waals surface area contributed by atoms with E-state index in [1.54, 1.807) is 48.2 Å². The van der Waals surface area contributed by atoms with Crippen molar-refractivity contribution in [2.24, 2.45) is 0 Å². The fraction of sp³-hybridized carbons (Fsp3) is 0.333. The topological polar surface area (TPSA) is 40.6 Å². The first-order valence-corrected chi connectivity index (χ1v) is 6.93. The molecule has 0 amide bonds. The zero-order chi connectivity index (χ0) is 12.5. The van der Waals surface area contributed by atoms with E-state index in [4.69, 9.17) is 0 Å². The molecule has 0 saturated carbocycles. The fourth-order valence-corrected chi connectivity index (χ4v) is 3.57. The summed E-state index contributed by atoms with van der Waals surface area (Å²) in [5, 5.41) is 0.710. The van der Waals surface area contributed by atoms with Crippen LogP contribution in [0.1, 0.15) is 0 Å². The number of sulfone groups is 1. The average Bonchev–Trinajstić information content (AvgIpc) is 2.29. The van der Waals surface area contributed by atoms with E-state index in [2.05, 4.69) is 0 Å². The third-order valence-corrected chi connectivity index (χ3v) is 4.81. The largest absolute Gasteiger partial charge is 0.361 e. The van der Waals surface area contributed by atoms with Crippen LogP contribution >= 0.6 is 0 Å². The lowest BCUT2D eigenvalue weighted by molar-refractivity contribution is 0.457. The normalized spacial score (nSPS) is 20.4. The van der Waals surface area contributed by atoms with Crippen molar-refractivity contribution in [1.82, 2.24) is 9.80 Å². The Morgan fingerprint density at radius 3 is 1.71 bits per heavy atom. The molecule has 5 heteroatoms. The molecule has 92 valence electrons. The SMILES string of the molecule is CN1CC=CC=C1S(=O)(=O)C1=CC=CCN1C. The van der Waals surface area contributed by atoms with E-state index < -0.39 is 9.84 Å². The van der Waals surface area contributed by atoms with Crippen molar-refractivity contribution >= 4 is 9.84 Å². The van der Waals surface area contributed by atoms with Gasteiger partial charge in [-0.1, -0.05) is 24.3 Å². The van der Waals surface area contributed by atoms with Gasteiger partial charge in [-0.05, 0) is 12.2 Å². The summed E-state index contributed by atoms with van der Waals surface area (Å²) in [6.07, 6.45) is 10.7. The van der Waals surface area contributed by atoms with Crippen molar-refractivity contribution in [3.63, 3.8) is 0 Å². The lowest BCUT2D eigenvalue weighted by Gasteiger charge is -2.28. The monoisotopic (exact) mass is 252 g/mol. The lowest BCUT2D eigenvalue weighted by atomic mass is 10.4. The highest BCUT2D eigenvalue weighted by Crippen LogP contribution is 2.25. The summed E-state index contributed by atoms with van der Waals surface area (Å²) in [6, 6.07) is 0. The van der Waals surface area contributed by atoms with Gasteiger partial charge in [-0.3, -0.25) is 0 Å². The van der Waals surface area contributed by atoms with Gasteiger partial charge in [0, 0.05) is 27.2 Å². The number of hydrogen-bond acceptors (Lipinski definition) is 4. The molecule has 0 N–H and O–H groups in total. The maximum Gasteiger partial charge on any atom is 0.236 e. The van der Waals surface area contributed by atoms with Gasteiger partial charge in [-0.2, -0.15) is 0 Å². The molecule has 0 aromatic heterocycles. The Bertz CT molecular complexity index is 485. The van der Waals surface area contributed by atoms with Crippen LogP contribution in [0.4, 0.5) is 0 Å². The highest BCUT2D eigenvalue weighted by molar-refractivity contribution is 7.98. The maximum atomic E-state index is 12.5. The smallest absolute Gasteiger partial charge is 0.236 e. The van der Waals surface area contributed by atoms with Crippen LogP contribution < -0.4 is 0 Å². The molecule has 2 rings (SSSR count). The summed E-state index contributed by atoms with van der Waals surface area (Å²) in [6.45, 7) is 1.25.